The van der Waals surface area contributed by atoms with Gasteiger partial charge in [-0.2, -0.15) is 5.10 Å². The highest BCUT2D eigenvalue weighted by Crippen LogP contribution is 2.22. The van der Waals surface area contributed by atoms with Gasteiger partial charge in [0.1, 0.15) is 11.4 Å². The zero-order chi connectivity index (χ0) is 16.3. The molecule has 1 aromatic carbocycles. The maximum atomic E-state index is 11.0. The van der Waals surface area contributed by atoms with Gasteiger partial charge in [-0.05, 0) is 25.0 Å². The van der Waals surface area contributed by atoms with Crippen LogP contribution in [-0.4, -0.2) is 33.2 Å². The zero-order valence-electron chi connectivity index (χ0n) is 12.8. The lowest BCUT2D eigenvalue weighted by atomic mass is 10.1. The van der Waals surface area contributed by atoms with Gasteiger partial charge in [0.25, 0.3) is 0 Å². The molecule has 0 aliphatic rings. The number of nitro groups is 1. The van der Waals surface area contributed by atoms with Crippen molar-refractivity contribution in [2.45, 2.75) is 33.1 Å². The smallest absolute Gasteiger partial charge is 0.312 e. The van der Waals surface area contributed by atoms with Crippen molar-refractivity contribution in [3.63, 3.8) is 0 Å². The Morgan fingerprint density at radius 3 is 2.41 bits per heavy atom. The van der Waals surface area contributed by atoms with Gasteiger partial charge < -0.3 is 9.84 Å². The summed E-state index contributed by atoms with van der Waals surface area (Å²) in [6, 6.07) is 7.63. The Balaban J connectivity index is 2.15. The molecule has 1 heterocycles. The van der Waals surface area contributed by atoms with Gasteiger partial charge in [-0.1, -0.05) is 24.3 Å². The number of methoxy groups -OCH3 is 1. The van der Waals surface area contributed by atoms with Crippen LogP contribution < -0.4 is 0 Å². The maximum Gasteiger partial charge on any atom is 0.312 e. The number of nitrogens with zero attached hydrogens (tertiary/aromatic N) is 3. The highest BCUT2D eigenvalue weighted by molar-refractivity contribution is 5.40. The summed E-state index contributed by atoms with van der Waals surface area (Å²) in [5.74, 6) is 0. The van der Waals surface area contributed by atoms with Crippen LogP contribution in [0.25, 0.3) is 0 Å². The normalized spacial score (nSPS) is 12.4. The van der Waals surface area contributed by atoms with Gasteiger partial charge in [0.2, 0.25) is 0 Å². The fourth-order valence-electron chi connectivity index (χ4n) is 2.34. The third-order valence-corrected chi connectivity index (χ3v) is 3.56. The van der Waals surface area contributed by atoms with E-state index in [1.54, 1.807) is 18.5 Å². The molecule has 0 saturated carbocycles. The Kier molecular flexibility index (Phi) is 4.89. The fraction of sp³-hybridized carbons (Fsp3) is 0.400. The number of ether oxygens (including phenoxy) is 1. The summed E-state index contributed by atoms with van der Waals surface area (Å²) < 4.78 is 6.44. The number of rotatable bonds is 6. The molecule has 0 aliphatic carbocycles. The van der Waals surface area contributed by atoms with Crippen molar-refractivity contribution in [2.75, 3.05) is 7.11 Å². The molecule has 118 valence electrons. The summed E-state index contributed by atoms with van der Waals surface area (Å²) in [6.45, 7) is 3.80. The van der Waals surface area contributed by atoms with Gasteiger partial charge in [-0.15, -0.1) is 0 Å². The van der Waals surface area contributed by atoms with Crippen LogP contribution in [0.15, 0.2) is 24.3 Å². The van der Waals surface area contributed by atoms with E-state index in [1.807, 2.05) is 24.3 Å². The van der Waals surface area contributed by atoms with Crippen LogP contribution in [0.2, 0.25) is 0 Å². The molecule has 0 spiro atoms. The van der Waals surface area contributed by atoms with E-state index in [4.69, 9.17) is 4.74 Å². The molecule has 7 nitrogen and oxygen atoms in total. The molecule has 22 heavy (non-hydrogen) atoms. The second-order valence-electron chi connectivity index (χ2n) is 5.15. The molecule has 2 rings (SSSR count). The van der Waals surface area contributed by atoms with E-state index in [0.29, 0.717) is 24.4 Å². The number of aliphatic hydroxyl groups excluding tert-OH is 1. The van der Waals surface area contributed by atoms with Crippen molar-refractivity contribution in [1.82, 2.24) is 9.78 Å². The first-order valence-electron chi connectivity index (χ1n) is 6.89. The largest absolute Gasteiger partial charge is 0.368 e. The van der Waals surface area contributed by atoms with Gasteiger partial charge in [-0.3, -0.25) is 14.8 Å². The van der Waals surface area contributed by atoms with E-state index in [1.165, 1.54) is 7.11 Å². The van der Waals surface area contributed by atoms with Crippen molar-refractivity contribution in [1.29, 1.82) is 0 Å². The van der Waals surface area contributed by atoms with Crippen LogP contribution in [0.1, 0.15) is 22.5 Å². The van der Waals surface area contributed by atoms with Crippen LogP contribution >= 0.6 is 0 Å². The molecule has 0 bridgehead atoms. The zero-order valence-corrected chi connectivity index (χ0v) is 12.8. The van der Waals surface area contributed by atoms with Gasteiger partial charge in [0.15, 0.2) is 6.29 Å². The van der Waals surface area contributed by atoms with E-state index in [2.05, 4.69) is 5.10 Å². The molecule has 0 amide bonds. The highest BCUT2D eigenvalue weighted by atomic mass is 16.6. The van der Waals surface area contributed by atoms with Crippen molar-refractivity contribution in [2.24, 2.45) is 0 Å². The molecule has 0 saturated heterocycles. The molecule has 1 N–H and O–H groups in total. The van der Waals surface area contributed by atoms with Crippen molar-refractivity contribution >= 4 is 5.69 Å². The Hall–Kier alpha value is -2.25. The van der Waals surface area contributed by atoms with Crippen LogP contribution in [0, 0.1) is 24.0 Å². The van der Waals surface area contributed by atoms with Gasteiger partial charge in [-0.25, -0.2) is 0 Å². The summed E-state index contributed by atoms with van der Waals surface area (Å²) in [5, 5.41) is 24.7. The fourth-order valence-corrected chi connectivity index (χ4v) is 2.34. The second kappa shape index (κ2) is 6.67. The molecule has 0 fully saturated rings. The third-order valence-electron chi connectivity index (χ3n) is 3.56. The SMILES string of the molecule is COC(O)Cc1ccc(Cn2nc(C)c([N+](=O)[O-])c2C)cc1. The molecule has 1 unspecified atom stereocenters. The Labute approximate surface area is 128 Å². The first kappa shape index (κ1) is 16.1. The van der Waals surface area contributed by atoms with Gasteiger partial charge >= 0.3 is 5.69 Å². The number of benzene rings is 1. The lowest BCUT2D eigenvalue weighted by Gasteiger charge is -2.09. The maximum absolute atomic E-state index is 11.0. The molecule has 1 aromatic heterocycles. The van der Waals surface area contributed by atoms with Gasteiger partial charge in [0, 0.05) is 13.5 Å². The summed E-state index contributed by atoms with van der Waals surface area (Å²) in [4.78, 5) is 10.6. The topological polar surface area (TPSA) is 90.4 Å². The number of aryl methyl sites for hydroxylation is 1. The first-order valence-corrected chi connectivity index (χ1v) is 6.89. The Bertz CT molecular complexity index is 664. The van der Waals surface area contributed by atoms with Crippen LogP contribution in [0.3, 0.4) is 0 Å². The molecule has 0 radical (unpaired) electrons. The minimum absolute atomic E-state index is 0.0693. The highest BCUT2D eigenvalue weighted by Gasteiger charge is 2.21. The minimum atomic E-state index is -0.815. The average Bonchev–Trinajstić information content (AvgIpc) is 2.75. The summed E-state index contributed by atoms with van der Waals surface area (Å²) in [7, 11) is 1.45. The third kappa shape index (κ3) is 3.49. The molecule has 1 atom stereocenters. The number of aromatic nitrogens is 2. The van der Waals surface area contributed by atoms with E-state index in [9.17, 15) is 15.2 Å². The second-order valence-corrected chi connectivity index (χ2v) is 5.15. The lowest BCUT2D eigenvalue weighted by molar-refractivity contribution is -0.386. The van der Waals surface area contributed by atoms with E-state index in [0.717, 1.165) is 11.1 Å². The molecule has 0 aliphatic heterocycles. The van der Waals surface area contributed by atoms with Gasteiger partial charge in [0.05, 0.1) is 11.5 Å². The molecular formula is C15H19N3O4. The molecule has 7 heteroatoms. The van der Waals surface area contributed by atoms with Crippen LogP contribution in [0.4, 0.5) is 5.69 Å². The number of hydrogen-bond donors (Lipinski definition) is 1. The van der Waals surface area contributed by atoms with E-state index in [-0.39, 0.29) is 5.69 Å². The van der Waals surface area contributed by atoms with Crippen molar-refractivity contribution in [3.05, 3.63) is 56.9 Å². The van der Waals surface area contributed by atoms with Crippen molar-refractivity contribution < 1.29 is 14.8 Å². The lowest BCUT2D eigenvalue weighted by Crippen LogP contribution is -2.12. The van der Waals surface area contributed by atoms with E-state index < -0.39 is 11.2 Å². The molecule has 2 aromatic rings. The Morgan fingerprint density at radius 2 is 1.91 bits per heavy atom. The van der Waals surface area contributed by atoms with Crippen LogP contribution in [0.5, 0.6) is 0 Å². The predicted molar refractivity (Wildman–Crippen MR) is 80.6 cm³/mol. The standard InChI is InChI=1S/C15H19N3O4/c1-10-15(18(20)21)11(2)17(16-10)9-13-6-4-12(5-7-13)8-14(19)22-3/h4-7,14,19H,8-9H2,1-3H3. The quantitative estimate of drug-likeness (QED) is 0.500. The number of aliphatic hydroxyl groups is 1. The Morgan fingerprint density at radius 1 is 1.32 bits per heavy atom. The van der Waals surface area contributed by atoms with Crippen molar-refractivity contribution in [3.8, 4) is 0 Å². The minimum Gasteiger partial charge on any atom is -0.368 e. The molecular weight excluding hydrogens is 286 g/mol. The number of hydrogen-bond acceptors (Lipinski definition) is 5. The summed E-state index contributed by atoms with van der Waals surface area (Å²) >= 11 is 0. The van der Waals surface area contributed by atoms with Crippen LogP contribution in [-0.2, 0) is 17.7 Å². The monoisotopic (exact) mass is 305 g/mol. The predicted octanol–water partition coefficient (Wildman–Crippen LogP) is 1.96. The first-order chi connectivity index (χ1) is 10.4. The average molecular weight is 305 g/mol. The van der Waals surface area contributed by atoms with E-state index >= 15 is 0 Å². The summed E-state index contributed by atoms with van der Waals surface area (Å²) in [6.07, 6.45) is -0.396. The summed E-state index contributed by atoms with van der Waals surface area (Å²) in [5.41, 5.74) is 2.97.